The number of alkyl halides is 3. The molecule has 5 aliphatic rings. The zero-order chi connectivity index (χ0) is 24.6. The van der Waals surface area contributed by atoms with Crippen LogP contribution in [-0.4, -0.2) is 58.3 Å². The molecule has 10 heteroatoms. The molecule has 2 atom stereocenters. The van der Waals surface area contributed by atoms with Crippen LogP contribution in [0.3, 0.4) is 0 Å². The van der Waals surface area contributed by atoms with Crippen molar-refractivity contribution in [2.75, 3.05) is 19.7 Å². The Morgan fingerprint density at radius 1 is 1.17 bits per heavy atom. The highest BCUT2D eigenvalue weighted by Crippen LogP contribution is 2.55. The molecule has 1 amide bonds. The molecule has 0 saturated heterocycles. The number of aromatic nitrogens is 2. The average Bonchev–Trinajstić information content (AvgIpc) is 3.19. The van der Waals surface area contributed by atoms with Gasteiger partial charge in [0.05, 0.1) is 31.5 Å². The molecule has 196 valence electrons. The van der Waals surface area contributed by atoms with Crippen LogP contribution >= 0.6 is 0 Å². The summed E-state index contributed by atoms with van der Waals surface area (Å²) in [6, 6.07) is 0.0299. The van der Waals surface area contributed by atoms with Gasteiger partial charge in [0.2, 0.25) is 5.88 Å². The van der Waals surface area contributed by atoms with Crippen LogP contribution in [-0.2, 0) is 6.54 Å². The average molecular weight is 499 g/mol. The second kappa shape index (κ2) is 9.92. The minimum atomic E-state index is -4.28. The molecule has 0 radical (unpaired) electrons. The number of ether oxygens (including phenoxy) is 1. The first kappa shape index (κ1) is 24.9. The monoisotopic (exact) mass is 498 g/mol. The van der Waals surface area contributed by atoms with Crippen molar-refractivity contribution in [2.45, 2.75) is 88.6 Å². The first-order chi connectivity index (χ1) is 16.7. The third kappa shape index (κ3) is 5.79. The Morgan fingerprint density at radius 3 is 2.54 bits per heavy atom. The van der Waals surface area contributed by atoms with Crippen LogP contribution in [0.25, 0.3) is 0 Å². The first-order valence-corrected chi connectivity index (χ1v) is 13.2. The van der Waals surface area contributed by atoms with Gasteiger partial charge < -0.3 is 20.5 Å². The minimum Gasteiger partial charge on any atom is -0.477 e. The zero-order valence-electron chi connectivity index (χ0n) is 20.2. The number of halogens is 3. The number of carbonyl (C=O) groups excluding carboxylic acids is 1. The fourth-order valence-corrected chi connectivity index (χ4v) is 7.25. The number of aliphatic hydroxyl groups is 1. The van der Waals surface area contributed by atoms with Crippen LogP contribution in [0.15, 0.2) is 6.20 Å². The summed E-state index contributed by atoms with van der Waals surface area (Å²) in [6.45, 7) is -0.357. The summed E-state index contributed by atoms with van der Waals surface area (Å²) in [5.74, 6) is 1.61. The Hall–Kier alpha value is -1.81. The fourth-order valence-electron chi connectivity index (χ4n) is 7.25. The Kier molecular flexibility index (Phi) is 7.05. The highest BCUT2D eigenvalue weighted by atomic mass is 19.4. The maximum absolute atomic E-state index is 13.4. The molecule has 1 aromatic heterocycles. The van der Waals surface area contributed by atoms with Gasteiger partial charge in [0.15, 0.2) is 0 Å². The smallest absolute Gasteiger partial charge is 0.401 e. The molecule has 1 aromatic rings. The largest absolute Gasteiger partial charge is 0.477 e. The third-order valence-electron chi connectivity index (χ3n) is 8.58. The van der Waals surface area contributed by atoms with E-state index in [1.54, 1.807) is 0 Å². The predicted molar refractivity (Wildman–Crippen MR) is 123 cm³/mol. The number of nitrogens with one attached hydrogen (secondary N) is 2. The highest BCUT2D eigenvalue weighted by molar-refractivity contribution is 5.96. The number of carbonyl (C=O) groups is 1. The second-order valence-electron chi connectivity index (χ2n) is 11.4. The number of nitrogens with zero attached hydrogens (tertiary/aromatic N) is 2. The third-order valence-corrected chi connectivity index (χ3v) is 8.58. The molecule has 6 rings (SSSR count). The van der Waals surface area contributed by atoms with E-state index in [1.165, 1.54) is 30.1 Å². The molecule has 2 unspecified atom stereocenters. The van der Waals surface area contributed by atoms with Crippen molar-refractivity contribution in [1.29, 1.82) is 0 Å². The molecule has 5 fully saturated rings. The maximum Gasteiger partial charge on any atom is 0.401 e. The van der Waals surface area contributed by atoms with Crippen LogP contribution in [0.5, 0.6) is 5.88 Å². The quantitative estimate of drug-likeness (QED) is 0.453. The topological polar surface area (TPSA) is 88.4 Å². The van der Waals surface area contributed by atoms with Crippen LogP contribution in [0.4, 0.5) is 13.2 Å². The number of rotatable bonds is 9. The molecule has 5 aliphatic carbocycles. The molecule has 1 heterocycles. The van der Waals surface area contributed by atoms with Gasteiger partial charge in [-0.3, -0.25) is 4.79 Å². The fraction of sp³-hybridized carbons (Fsp3) is 0.840. The summed E-state index contributed by atoms with van der Waals surface area (Å²) >= 11 is 0. The van der Waals surface area contributed by atoms with Gasteiger partial charge in [-0.1, -0.05) is 19.3 Å². The van der Waals surface area contributed by atoms with Crippen LogP contribution in [0.2, 0.25) is 0 Å². The number of amides is 1. The molecule has 0 aliphatic heterocycles. The molecule has 4 bridgehead atoms. The van der Waals surface area contributed by atoms with Gasteiger partial charge in [-0.25, -0.2) is 4.68 Å². The van der Waals surface area contributed by atoms with E-state index in [2.05, 4.69) is 15.7 Å². The molecule has 35 heavy (non-hydrogen) atoms. The molecule has 5 saturated carbocycles. The van der Waals surface area contributed by atoms with Crippen molar-refractivity contribution >= 4 is 5.91 Å². The van der Waals surface area contributed by atoms with Gasteiger partial charge in [-0.15, -0.1) is 0 Å². The van der Waals surface area contributed by atoms with Crippen LogP contribution in [0.1, 0.15) is 74.6 Å². The lowest BCUT2D eigenvalue weighted by Gasteiger charge is -2.58. The Labute approximate surface area is 204 Å². The number of hydrogen-bond acceptors (Lipinski definition) is 5. The summed E-state index contributed by atoms with van der Waals surface area (Å²) in [6.07, 6.45) is 7.36. The van der Waals surface area contributed by atoms with Gasteiger partial charge in [0.1, 0.15) is 5.56 Å². The Balaban J connectivity index is 1.26. The molecule has 7 nitrogen and oxygen atoms in total. The zero-order valence-corrected chi connectivity index (χ0v) is 20.2. The lowest BCUT2D eigenvalue weighted by molar-refractivity contribution is -0.137. The van der Waals surface area contributed by atoms with Gasteiger partial charge in [-0.2, -0.15) is 18.3 Å². The normalized spacial score (nSPS) is 32.7. The van der Waals surface area contributed by atoms with Crippen molar-refractivity contribution in [3.63, 3.8) is 0 Å². The van der Waals surface area contributed by atoms with Crippen LogP contribution in [0, 0.1) is 23.7 Å². The predicted octanol–water partition coefficient (Wildman–Crippen LogP) is 3.66. The van der Waals surface area contributed by atoms with Crippen LogP contribution < -0.4 is 15.4 Å². The molecular formula is C25H37F3N4O3. The van der Waals surface area contributed by atoms with E-state index in [0.717, 1.165) is 44.9 Å². The highest BCUT2D eigenvalue weighted by Gasteiger charge is 2.55. The van der Waals surface area contributed by atoms with E-state index in [9.17, 15) is 23.1 Å². The lowest BCUT2D eigenvalue weighted by atomic mass is 9.52. The number of hydrogen-bond donors (Lipinski definition) is 3. The van der Waals surface area contributed by atoms with E-state index < -0.39 is 18.3 Å². The van der Waals surface area contributed by atoms with Crippen molar-refractivity contribution < 1.29 is 27.8 Å². The van der Waals surface area contributed by atoms with Gasteiger partial charge >= 0.3 is 6.18 Å². The first-order valence-electron chi connectivity index (χ1n) is 13.2. The summed E-state index contributed by atoms with van der Waals surface area (Å²) in [5.41, 5.74) is -0.232. The summed E-state index contributed by atoms with van der Waals surface area (Å²) < 4.78 is 45.1. The summed E-state index contributed by atoms with van der Waals surface area (Å²) in [4.78, 5) is 13.4. The van der Waals surface area contributed by atoms with E-state index in [-0.39, 0.29) is 36.9 Å². The van der Waals surface area contributed by atoms with Gasteiger partial charge in [0.25, 0.3) is 5.91 Å². The van der Waals surface area contributed by atoms with E-state index in [0.29, 0.717) is 29.9 Å². The van der Waals surface area contributed by atoms with Crippen molar-refractivity contribution in [3.05, 3.63) is 11.8 Å². The summed E-state index contributed by atoms with van der Waals surface area (Å²) in [5, 5.41) is 20.8. The minimum absolute atomic E-state index is 0.0299. The van der Waals surface area contributed by atoms with E-state index in [4.69, 9.17) is 4.74 Å². The Morgan fingerprint density at radius 2 is 1.89 bits per heavy atom. The second-order valence-corrected chi connectivity index (χ2v) is 11.4. The van der Waals surface area contributed by atoms with E-state index >= 15 is 0 Å². The molecular weight excluding hydrogens is 461 g/mol. The standard InChI is InChI=1S/C25H37F3N4O3/c26-25(27,28)15-29-6-7-32-23(35-14-16-4-2-1-3-5-16)20(13-30-32)22(33)31-21-18-8-17-9-19(21)12-24(34,10-17)11-18/h13,16-19,21,29,34H,1-12,14-15H2,(H,31,33). The molecule has 3 N–H and O–H groups in total. The van der Waals surface area contributed by atoms with Crippen molar-refractivity contribution in [3.8, 4) is 5.88 Å². The molecule has 0 spiro atoms. The molecule has 0 aromatic carbocycles. The van der Waals surface area contributed by atoms with Gasteiger partial charge in [-0.05, 0) is 68.6 Å². The lowest BCUT2D eigenvalue weighted by Crippen LogP contribution is -2.61. The Bertz CT molecular complexity index is 883. The van der Waals surface area contributed by atoms with E-state index in [1.807, 2.05) is 0 Å². The SMILES string of the molecule is O=C(NC1C2CC3CC1CC(O)(C3)C2)c1cnn(CCNCC(F)(F)F)c1OCC1CCCCC1. The van der Waals surface area contributed by atoms with Gasteiger partial charge in [0, 0.05) is 12.6 Å². The van der Waals surface area contributed by atoms with Crippen molar-refractivity contribution in [1.82, 2.24) is 20.4 Å². The summed E-state index contributed by atoms with van der Waals surface area (Å²) in [7, 11) is 0. The van der Waals surface area contributed by atoms with Crippen molar-refractivity contribution in [2.24, 2.45) is 23.7 Å². The maximum atomic E-state index is 13.4.